The molecule has 1 aliphatic heterocycles. The highest BCUT2D eigenvalue weighted by Gasteiger charge is 2.27. The number of anilines is 1. The second-order valence-corrected chi connectivity index (χ2v) is 7.65. The Hall–Kier alpha value is -3.60. The van der Waals surface area contributed by atoms with E-state index in [1.807, 2.05) is 71.6 Å². The van der Waals surface area contributed by atoms with E-state index in [9.17, 15) is 9.59 Å². The maximum Gasteiger partial charge on any atom is 0.251 e. The van der Waals surface area contributed by atoms with Crippen molar-refractivity contribution >= 4 is 17.5 Å². The molecule has 31 heavy (non-hydrogen) atoms. The van der Waals surface area contributed by atoms with Crippen molar-refractivity contribution in [3.8, 4) is 5.75 Å². The fraction of sp³-hybridized carbons (Fsp3) is 0.231. The molecule has 5 nitrogen and oxygen atoms in total. The lowest BCUT2D eigenvalue weighted by Crippen LogP contribution is -2.39. The van der Waals surface area contributed by atoms with E-state index in [4.69, 9.17) is 4.74 Å². The zero-order valence-electron chi connectivity index (χ0n) is 17.6. The molecule has 0 radical (unpaired) electrons. The van der Waals surface area contributed by atoms with Crippen molar-refractivity contribution in [1.82, 2.24) is 5.32 Å². The van der Waals surface area contributed by atoms with Gasteiger partial charge in [0.25, 0.3) is 5.91 Å². The molecule has 0 bridgehead atoms. The lowest BCUT2D eigenvalue weighted by molar-refractivity contribution is -0.119. The van der Waals surface area contributed by atoms with E-state index in [1.54, 1.807) is 19.2 Å². The number of benzene rings is 3. The molecular weight excluding hydrogens is 388 g/mol. The topological polar surface area (TPSA) is 58.6 Å². The van der Waals surface area contributed by atoms with E-state index in [2.05, 4.69) is 5.32 Å². The highest BCUT2D eigenvalue weighted by Crippen LogP contribution is 2.32. The van der Waals surface area contributed by atoms with Crippen molar-refractivity contribution < 1.29 is 14.3 Å². The van der Waals surface area contributed by atoms with Gasteiger partial charge in [0.15, 0.2) is 0 Å². The molecule has 0 aliphatic carbocycles. The number of hydrogen-bond acceptors (Lipinski definition) is 3. The number of carbonyl (C=O) groups is 2. The van der Waals surface area contributed by atoms with Crippen LogP contribution >= 0.6 is 0 Å². The van der Waals surface area contributed by atoms with E-state index in [0.717, 1.165) is 35.4 Å². The van der Waals surface area contributed by atoms with E-state index in [0.29, 0.717) is 12.1 Å². The van der Waals surface area contributed by atoms with Crippen LogP contribution in [0.1, 0.15) is 40.4 Å². The first-order valence-electron chi connectivity index (χ1n) is 10.5. The number of nitrogens with zero attached hydrogens (tertiary/aromatic N) is 1. The molecule has 1 atom stereocenters. The summed E-state index contributed by atoms with van der Waals surface area (Å²) in [6.07, 6.45) is 2.01. The highest BCUT2D eigenvalue weighted by molar-refractivity contribution is 5.97. The van der Waals surface area contributed by atoms with Crippen molar-refractivity contribution in [1.29, 1.82) is 0 Å². The maximum absolute atomic E-state index is 13.4. The summed E-state index contributed by atoms with van der Waals surface area (Å²) in [4.78, 5) is 28.0. The Bertz CT molecular complexity index is 1050. The first kappa shape index (κ1) is 20.7. The van der Waals surface area contributed by atoms with Crippen molar-refractivity contribution in [3.05, 3.63) is 95.6 Å². The number of aryl methyl sites for hydroxylation is 1. The third-order valence-electron chi connectivity index (χ3n) is 5.63. The van der Waals surface area contributed by atoms with Gasteiger partial charge in [0.05, 0.1) is 19.6 Å². The van der Waals surface area contributed by atoms with Crippen LogP contribution in [-0.4, -0.2) is 25.5 Å². The summed E-state index contributed by atoms with van der Waals surface area (Å²) in [5, 5.41) is 3.06. The molecule has 158 valence electrons. The summed E-state index contributed by atoms with van der Waals surface area (Å²) in [6.45, 7) is 0.673. The molecule has 1 heterocycles. The molecule has 0 aromatic heterocycles. The maximum atomic E-state index is 13.4. The summed E-state index contributed by atoms with van der Waals surface area (Å²) in [5.74, 6) is 0.602. The lowest BCUT2D eigenvalue weighted by atomic mass is 9.98. The number of amides is 2. The largest absolute Gasteiger partial charge is 0.497 e. The van der Waals surface area contributed by atoms with Gasteiger partial charge < -0.3 is 15.0 Å². The van der Waals surface area contributed by atoms with Crippen LogP contribution in [0.4, 0.5) is 5.69 Å². The zero-order chi connectivity index (χ0) is 21.6. The molecule has 0 saturated heterocycles. The number of methoxy groups -OCH3 is 1. The van der Waals surface area contributed by atoms with Gasteiger partial charge in [-0.05, 0) is 54.3 Å². The standard InChI is InChI=1S/C26H26N2O3/c1-31-22-14-15-24-21(17-22)13-8-16-28(24)25(29)18-23(19-9-4-2-5-10-19)27-26(30)20-11-6-3-7-12-20/h2-7,9-12,14-15,17,23H,8,13,16,18H2,1H3,(H,27,30). The first-order valence-corrected chi connectivity index (χ1v) is 10.5. The smallest absolute Gasteiger partial charge is 0.251 e. The Labute approximate surface area is 182 Å². The zero-order valence-corrected chi connectivity index (χ0v) is 17.6. The van der Waals surface area contributed by atoms with Gasteiger partial charge in [-0.15, -0.1) is 0 Å². The highest BCUT2D eigenvalue weighted by atomic mass is 16.5. The Morgan fingerprint density at radius 1 is 1.00 bits per heavy atom. The third kappa shape index (κ3) is 4.77. The van der Waals surface area contributed by atoms with Crippen LogP contribution in [0.15, 0.2) is 78.9 Å². The van der Waals surface area contributed by atoms with Crippen molar-refractivity contribution in [2.75, 3.05) is 18.6 Å². The van der Waals surface area contributed by atoms with Gasteiger partial charge in [0, 0.05) is 17.8 Å². The van der Waals surface area contributed by atoms with Gasteiger partial charge in [0.2, 0.25) is 5.91 Å². The Morgan fingerprint density at radius 3 is 2.42 bits per heavy atom. The van der Waals surface area contributed by atoms with Gasteiger partial charge in [0.1, 0.15) is 5.75 Å². The molecule has 4 rings (SSSR count). The summed E-state index contributed by atoms with van der Waals surface area (Å²) in [6, 6.07) is 24.2. The number of hydrogen-bond donors (Lipinski definition) is 1. The Balaban J connectivity index is 1.56. The van der Waals surface area contributed by atoms with Crippen molar-refractivity contribution in [2.45, 2.75) is 25.3 Å². The number of ether oxygens (including phenoxy) is 1. The predicted molar refractivity (Wildman–Crippen MR) is 121 cm³/mol. The summed E-state index contributed by atoms with van der Waals surface area (Å²) < 4.78 is 5.33. The third-order valence-corrected chi connectivity index (χ3v) is 5.63. The molecule has 1 N–H and O–H groups in total. The molecule has 0 saturated carbocycles. The van der Waals surface area contributed by atoms with Gasteiger partial charge >= 0.3 is 0 Å². The van der Waals surface area contributed by atoms with E-state index in [-0.39, 0.29) is 18.2 Å². The molecule has 0 fully saturated rings. The van der Waals surface area contributed by atoms with Crippen molar-refractivity contribution in [3.63, 3.8) is 0 Å². The van der Waals surface area contributed by atoms with E-state index < -0.39 is 6.04 Å². The molecule has 5 heteroatoms. The first-order chi connectivity index (χ1) is 15.2. The van der Waals surface area contributed by atoms with Crippen molar-refractivity contribution in [2.24, 2.45) is 0 Å². The van der Waals surface area contributed by atoms with E-state index in [1.165, 1.54) is 0 Å². The fourth-order valence-electron chi connectivity index (χ4n) is 4.01. The second-order valence-electron chi connectivity index (χ2n) is 7.65. The van der Waals surface area contributed by atoms with Gasteiger partial charge in [-0.2, -0.15) is 0 Å². The minimum absolute atomic E-state index is 0.00617. The molecule has 0 spiro atoms. The monoisotopic (exact) mass is 414 g/mol. The Morgan fingerprint density at radius 2 is 1.71 bits per heavy atom. The van der Waals surface area contributed by atoms with Crippen LogP contribution in [0.5, 0.6) is 5.75 Å². The van der Waals surface area contributed by atoms with Crippen LogP contribution in [0.25, 0.3) is 0 Å². The number of fused-ring (bicyclic) bond motifs is 1. The van der Waals surface area contributed by atoms with Gasteiger partial charge in [-0.3, -0.25) is 9.59 Å². The van der Waals surface area contributed by atoms with Crippen LogP contribution in [0.2, 0.25) is 0 Å². The minimum atomic E-state index is -0.412. The second kappa shape index (κ2) is 9.47. The minimum Gasteiger partial charge on any atom is -0.497 e. The average Bonchev–Trinajstić information content (AvgIpc) is 2.83. The summed E-state index contributed by atoms with van der Waals surface area (Å²) in [5.41, 5.74) is 3.53. The predicted octanol–water partition coefficient (Wildman–Crippen LogP) is 4.54. The molecular formula is C26H26N2O3. The molecule has 3 aromatic carbocycles. The lowest BCUT2D eigenvalue weighted by Gasteiger charge is -2.31. The van der Waals surface area contributed by atoms with Gasteiger partial charge in [-0.25, -0.2) is 0 Å². The average molecular weight is 415 g/mol. The summed E-state index contributed by atoms with van der Waals surface area (Å²) >= 11 is 0. The Kier molecular flexibility index (Phi) is 6.32. The summed E-state index contributed by atoms with van der Waals surface area (Å²) in [7, 11) is 1.65. The normalized spacial score (nSPS) is 13.8. The van der Waals surface area contributed by atoms with Crippen LogP contribution in [0.3, 0.4) is 0 Å². The molecule has 2 amide bonds. The molecule has 3 aromatic rings. The number of carbonyl (C=O) groups excluding carboxylic acids is 2. The number of rotatable bonds is 6. The molecule has 1 aliphatic rings. The quantitative estimate of drug-likeness (QED) is 0.644. The molecule has 1 unspecified atom stereocenters. The number of nitrogens with one attached hydrogen (secondary N) is 1. The SMILES string of the molecule is COc1ccc2c(c1)CCCN2C(=O)CC(NC(=O)c1ccccc1)c1ccccc1. The van der Waals surface area contributed by atoms with E-state index >= 15 is 0 Å². The van der Waals surface area contributed by atoms with Gasteiger partial charge in [-0.1, -0.05) is 48.5 Å². The van der Waals surface area contributed by atoms with Crippen LogP contribution in [-0.2, 0) is 11.2 Å². The van der Waals surface area contributed by atoms with Crippen LogP contribution < -0.4 is 15.0 Å². The fourth-order valence-corrected chi connectivity index (χ4v) is 4.01. The van der Waals surface area contributed by atoms with Crippen LogP contribution in [0, 0.1) is 0 Å².